The average Bonchev–Trinajstić information content (AvgIpc) is 3.38. The van der Waals surface area contributed by atoms with E-state index in [1.54, 1.807) is 58.8 Å². The maximum Gasteiger partial charge on any atom is 0.415 e. The molecular weight excluding hydrogens is 710 g/mol. The maximum absolute atomic E-state index is 15.5. The minimum Gasteiger partial charge on any atom is -0.444 e. The first-order valence-corrected chi connectivity index (χ1v) is 15.3. The van der Waals surface area contributed by atoms with Crippen molar-refractivity contribution in [1.82, 2.24) is 9.88 Å². The Balaban J connectivity index is 1.97. The van der Waals surface area contributed by atoms with E-state index in [-0.39, 0.29) is 32.0 Å². The fourth-order valence-electron chi connectivity index (χ4n) is 4.99. The Kier molecular flexibility index (Phi) is 8.06. The van der Waals surface area contributed by atoms with Gasteiger partial charge in [-0.05, 0) is 98.8 Å². The van der Waals surface area contributed by atoms with E-state index in [1.165, 1.54) is 4.90 Å². The number of pyridine rings is 1. The molecule has 3 aliphatic rings. The van der Waals surface area contributed by atoms with Crippen LogP contribution in [0.1, 0.15) is 48.0 Å². The summed E-state index contributed by atoms with van der Waals surface area (Å²) in [7, 11) is 0. The SMILES string of the molecule is CSc1nc2c(F)c(Br)c(I)cc2c(N(C(=O)OC(C)(C)C)C2C3CC2N(C(=O)OC(C)(C)C)C3)c1[N+](=O)[O-]. The molecule has 3 fully saturated rings. The van der Waals surface area contributed by atoms with Gasteiger partial charge in [0, 0.05) is 21.4 Å². The molecule has 3 heterocycles. The van der Waals surface area contributed by atoms with Crippen molar-refractivity contribution in [3.63, 3.8) is 0 Å². The number of thioether (sulfide) groups is 1. The van der Waals surface area contributed by atoms with Crippen LogP contribution in [-0.2, 0) is 9.47 Å². The summed E-state index contributed by atoms with van der Waals surface area (Å²) in [5, 5.41) is 12.6. The molecule has 1 saturated carbocycles. The number of rotatable bonds is 4. The van der Waals surface area contributed by atoms with Crippen LogP contribution >= 0.6 is 50.3 Å². The second-order valence-corrected chi connectivity index (χ2v) is 14.2. The standard InChI is InChI=1S/C25H29BrFIN4O6S/c1-24(2,3)37-22(33)30-10-11-8-14(30)18(11)31(23(34)38-25(4,5)6)19-12-9-13(28)15(26)16(27)17(12)29-21(39-7)20(19)32(35)36/h9,11,14,18H,8,10H2,1-7H3. The van der Waals surface area contributed by atoms with Crippen molar-refractivity contribution in [3.8, 4) is 0 Å². The number of halogens is 3. The summed E-state index contributed by atoms with van der Waals surface area (Å²) in [5.41, 5.74) is -2.28. The summed E-state index contributed by atoms with van der Waals surface area (Å²) in [6.07, 6.45) is 0.839. The molecule has 212 valence electrons. The fraction of sp³-hybridized carbons (Fsp3) is 0.560. The van der Waals surface area contributed by atoms with Gasteiger partial charge in [-0.3, -0.25) is 15.0 Å². The van der Waals surface area contributed by atoms with E-state index in [0.29, 0.717) is 16.5 Å². The van der Waals surface area contributed by atoms with E-state index < -0.39 is 51.9 Å². The lowest BCUT2D eigenvalue weighted by molar-refractivity contribution is -0.387. The third kappa shape index (κ3) is 5.65. The number of nitrogens with zero attached hydrogens (tertiary/aromatic N) is 4. The zero-order chi connectivity index (χ0) is 29.2. The number of nitro groups is 1. The minimum atomic E-state index is -0.925. The molecule has 0 N–H and O–H groups in total. The number of hydrogen-bond acceptors (Lipinski definition) is 8. The molecule has 0 radical (unpaired) electrons. The quantitative estimate of drug-likeness (QED) is 0.107. The van der Waals surface area contributed by atoms with Gasteiger partial charge in [0.25, 0.3) is 0 Å². The lowest BCUT2D eigenvalue weighted by atomic mass is 9.78. The number of ether oxygens (including phenoxy) is 2. The van der Waals surface area contributed by atoms with Crippen LogP contribution in [0.25, 0.3) is 10.9 Å². The van der Waals surface area contributed by atoms with Crippen molar-refractivity contribution in [3.05, 3.63) is 30.0 Å². The first-order chi connectivity index (χ1) is 17.9. The van der Waals surface area contributed by atoms with Gasteiger partial charge in [-0.2, -0.15) is 0 Å². The number of benzene rings is 1. The van der Waals surface area contributed by atoms with Crippen LogP contribution < -0.4 is 4.90 Å². The van der Waals surface area contributed by atoms with Gasteiger partial charge >= 0.3 is 17.9 Å². The summed E-state index contributed by atoms with van der Waals surface area (Å²) in [4.78, 5) is 45.9. The van der Waals surface area contributed by atoms with Crippen LogP contribution in [-0.4, -0.2) is 63.1 Å². The lowest BCUT2D eigenvalue weighted by Gasteiger charge is -2.44. The maximum atomic E-state index is 15.5. The molecule has 3 unspecified atom stereocenters. The number of aromatic nitrogens is 1. The zero-order valence-electron chi connectivity index (χ0n) is 22.5. The summed E-state index contributed by atoms with van der Waals surface area (Å²) in [6, 6.07) is 0.458. The molecule has 39 heavy (non-hydrogen) atoms. The number of hydrogen-bond donors (Lipinski definition) is 0. The highest BCUT2D eigenvalue weighted by atomic mass is 127. The number of fused-ring (bicyclic) bond motifs is 2. The Bertz CT molecular complexity index is 1380. The van der Waals surface area contributed by atoms with Crippen molar-refractivity contribution < 1.29 is 28.4 Å². The number of amides is 2. The van der Waals surface area contributed by atoms with Gasteiger partial charge in [-0.15, -0.1) is 11.8 Å². The first kappa shape index (κ1) is 30.0. The Labute approximate surface area is 251 Å². The van der Waals surface area contributed by atoms with Crippen LogP contribution in [0.3, 0.4) is 0 Å². The van der Waals surface area contributed by atoms with E-state index in [1.807, 2.05) is 22.6 Å². The van der Waals surface area contributed by atoms with Crippen molar-refractivity contribution in [2.75, 3.05) is 17.7 Å². The van der Waals surface area contributed by atoms with Crippen molar-refractivity contribution in [2.45, 2.75) is 76.3 Å². The largest absolute Gasteiger partial charge is 0.444 e. The molecule has 2 bridgehead atoms. The number of carbonyl (C=O) groups excluding carboxylic acids is 2. The second kappa shape index (κ2) is 10.5. The molecule has 5 rings (SSSR count). The van der Waals surface area contributed by atoms with Crippen molar-refractivity contribution in [2.24, 2.45) is 5.92 Å². The van der Waals surface area contributed by atoms with E-state index in [0.717, 1.165) is 11.8 Å². The van der Waals surface area contributed by atoms with Crippen LogP contribution in [0.5, 0.6) is 0 Å². The molecule has 2 aliphatic heterocycles. The molecule has 2 saturated heterocycles. The van der Waals surface area contributed by atoms with Crippen LogP contribution in [0.2, 0.25) is 0 Å². The predicted molar refractivity (Wildman–Crippen MR) is 158 cm³/mol. The normalized spacial score (nSPS) is 20.6. The monoisotopic (exact) mass is 738 g/mol. The fourth-order valence-corrected chi connectivity index (χ4v) is 6.38. The lowest BCUT2D eigenvalue weighted by Crippen LogP contribution is -2.58. The highest BCUT2D eigenvalue weighted by molar-refractivity contribution is 14.1. The molecule has 1 aromatic heterocycles. The Morgan fingerprint density at radius 2 is 1.87 bits per heavy atom. The Hall–Kier alpha value is -1.94. The second-order valence-electron chi connectivity index (χ2n) is 11.5. The van der Waals surface area contributed by atoms with Gasteiger partial charge in [-0.25, -0.2) is 19.0 Å². The average molecular weight is 739 g/mol. The van der Waals surface area contributed by atoms with E-state index >= 15 is 4.39 Å². The Morgan fingerprint density at radius 1 is 1.26 bits per heavy atom. The molecule has 0 spiro atoms. The van der Waals surface area contributed by atoms with E-state index in [9.17, 15) is 19.7 Å². The van der Waals surface area contributed by atoms with Gasteiger partial charge in [0.15, 0.2) is 10.8 Å². The molecule has 3 atom stereocenters. The van der Waals surface area contributed by atoms with Gasteiger partial charge in [0.05, 0.1) is 21.5 Å². The van der Waals surface area contributed by atoms with E-state index in [4.69, 9.17) is 9.47 Å². The van der Waals surface area contributed by atoms with Crippen LogP contribution in [0.15, 0.2) is 15.6 Å². The summed E-state index contributed by atoms with van der Waals surface area (Å²) >= 11 is 6.12. The summed E-state index contributed by atoms with van der Waals surface area (Å²) in [5.74, 6) is -0.880. The predicted octanol–water partition coefficient (Wildman–Crippen LogP) is 7.12. The molecule has 2 amide bonds. The molecule has 10 nitrogen and oxygen atoms in total. The van der Waals surface area contributed by atoms with E-state index in [2.05, 4.69) is 20.9 Å². The number of anilines is 1. The van der Waals surface area contributed by atoms with Crippen LogP contribution in [0.4, 0.5) is 25.4 Å². The van der Waals surface area contributed by atoms with Gasteiger partial charge in [0.2, 0.25) is 0 Å². The third-order valence-corrected chi connectivity index (χ3v) is 9.46. The third-order valence-electron chi connectivity index (χ3n) is 6.42. The first-order valence-electron chi connectivity index (χ1n) is 12.2. The molecule has 14 heteroatoms. The summed E-state index contributed by atoms with van der Waals surface area (Å²) in [6.45, 7) is 10.7. The highest BCUT2D eigenvalue weighted by Crippen LogP contribution is 2.51. The topological polar surface area (TPSA) is 115 Å². The summed E-state index contributed by atoms with van der Waals surface area (Å²) < 4.78 is 27.5. The Morgan fingerprint density at radius 3 is 2.41 bits per heavy atom. The van der Waals surface area contributed by atoms with Gasteiger partial charge in [-0.1, -0.05) is 0 Å². The van der Waals surface area contributed by atoms with Gasteiger partial charge in [0.1, 0.15) is 22.4 Å². The molecule has 1 aromatic carbocycles. The van der Waals surface area contributed by atoms with Crippen molar-refractivity contribution in [1.29, 1.82) is 0 Å². The molecule has 1 aliphatic carbocycles. The molecular formula is C25H29BrFIN4O6S. The minimum absolute atomic E-state index is 0.0428. The van der Waals surface area contributed by atoms with Crippen LogP contribution in [0, 0.1) is 25.4 Å². The zero-order valence-corrected chi connectivity index (χ0v) is 27.1. The number of carbonyl (C=O) groups is 2. The highest BCUT2D eigenvalue weighted by Gasteiger charge is 2.60. The van der Waals surface area contributed by atoms with Gasteiger partial charge < -0.3 is 14.4 Å². The smallest absolute Gasteiger partial charge is 0.415 e. The van der Waals surface area contributed by atoms with Crippen molar-refractivity contribution >= 4 is 84.7 Å². The molecule has 2 aromatic rings.